The van der Waals surface area contributed by atoms with E-state index in [-0.39, 0.29) is 33.2 Å². The number of benzene rings is 1. The first kappa shape index (κ1) is 14.3. The van der Waals surface area contributed by atoms with E-state index in [4.69, 9.17) is 16.3 Å². The van der Waals surface area contributed by atoms with E-state index in [2.05, 4.69) is 4.98 Å². The van der Waals surface area contributed by atoms with Gasteiger partial charge in [-0.1, -0.05) is 11.6 Å². The molecular formula is C14H11ClFNO3. The van der Waals surface area contributed by atoms with Crippen LogP contribution in [0.2, 0.25) is 5.02 Å². The predicted octanol–water partition coefficient (Wildman–Crippen LogP) is 3.05. The van der Waals surface area contributed by atoms with Crippen LogP contribution in [-0.4, -0.2) is 17.9 Å². The summed E-state index contributed by atoms with van der Waals surface area (Å²) in [6, 6.07) is 3.89. The molecule has 0 atom stereocenters. The van der Waals surface area contributed by atoms with E-state index in [0.717, 1.165) is 0 Å². The Bertz CT molecular complexity index is 740. The summed E-state index contributed by atoms with van der Waals surface area (Å²) >= 11 is 5.76. The van der Waals surface area contributed by atoms with Gasteiger partial charge in [0.2, 0.25) is 5.56 Å². The minimum Gasteiger partial charge on any atom is -0.495 e. The van der Waals surface area contributed by atoms with Crippen molar-refractivity contribution in [2.45, 2.75) is 6.92 Å². The summed E-state index contributed by atoms with van der Waals surface area (Å²) in [6.07, 6.45) is 1.31. The van der Waals surface area contributed by atoms with Crippen molar-refractivity contribution in [3.05, 3.63) is 51.2 Å². The number of H-pyrrole nitrogens is 1. The minimum absolute atomic E-state index is 0.0343. The van der Waals surface area contributed by atoms with E-state index in [1.54, 1.807) is 0 Å². The van der Waals surface area contributed by atoms with Gasteiger partial charge in [-0.15, -0.1) is 0 Å². The van der Waals surface area contributed by atoms with Gasteiger partial charge in [0, 0.05) is 29.0 Å². The van der Waals surface area contributed by atoms with Gasteiger partial charge in [-0.05, 0) is 19.1 Å². The Morgan fingerprint density at radius 2 is 2.10 bits per heavy atom. The molecule has 2 aromatic rings. The molecule has 0 aliphatic carbocycles. The highest BCUT2D eigenvalue weighted by Gasteiger charge is 2.20. The number of ketones is 1. The number of carbonyl (C=O) groups is 1. The minimum atomic E-state index is -0.761. The quantitative estimate of drug-likeness (QED) is 0.885. The summed E-state index contributed by atoms with van der Waals surface area (Å²) in [5.41, 5.74) is -0.153. The van der Waals surface area contributed by atoms with E-state index in [1.807, 2.05) is 0 Å². The van der Waals surface area contributed by atoms with Gasteiger partial charge in [-0.3, -0.25) is 9.59 Å². The monoisotopic (exact) mass is 295 g/mol. The van der Waals surface area contributed by atoms with Crippen LogP contribution in [0.4, 0.5) is 4.39 Å². The highest BCUT2D eigenvalue weighted by molar-refractivity contribution is 6.31. The van der Waals surface area contributed by atoms with Gasteiger partial charge in [0.05, 0.1) is 12.1 Å². The molecule has 6 heteroatoms. The third-order valence-electron chi connectivity index (χ3n) is 2.85. The summed E-state index contributed by atoms with van der Waals surface area (Å²) in [5, 5.41) is -0.132. The Morgan fingerprint density at radius 3 is 2.70 bits per heavy atom. The molecule has 0 amide bonds. The third kappa shape index (κ3) is 2.44. The number of nitrogens with one attached hydrogen (secondary N) is 1. The Labute approximate surface area is 119 Å². The van der Waals surface area contributed by atoms with Crippen molar-refractivity contribution >= 4 is 17.4 Å². The van der Waals surface area contributed by atoms with Gasteiger partial charge in [0.1, 0.15) is 11.6 Å². The third-order valence-corrected chi connectivity index (χ3v) is 3.14. The SMILES string of the molecule is COc1c[nH]c(=O)cc1-c1c(C(C)=O)ccc(Cl)c1F. The Kier molecular flexibility index (Phi) is 3.90. The number of aromatic amines is 1. The topological polar surface area (TPSA) is 59.2 Å². The van der Waals surface area contributed by atoms with Crippen LogP contribution in [-0.2, 0) is 0 Å². The maximum Gasteiger partial charge on any atom is 0.248 e. The fraction of sp³-hybridized carbons (Fsp3) is 0.143. The van der Waals surface area contributed by atoms with Crippen LogP contribution < -0.4 is 10.3 Å². The first-order chi connectivity index (χ1) is 9.45. The second-order valence-electron chi connectivity index (χ2n) is 4.12. The van der Waals surface area contributed by atoms with E-state index >= 15 is 0 Å². The largest absolute Gasteiger partial charge is 0.495 e. The summed E-state index contributed by atoms with van der Waals surface area (Å²) in [5.74, 6) is -0.852. The van der Waals surface area contributed by atoms with Gasteiger partial charge >= 0.3 is 0 Å². The lowest BCUT2D eigenvalue weighted by molar-refractivity contribution is 0.101. The molecule has 1 N–H and O–H groups in total. The summed E-state index contributed by atoms with van der Waals surface area (Å²) < 4.78 is 19.4. The van der Waals surface area contributed by atoms with Gasteiger partial charge < -0.3 is 9.72 Å². The molecule has 0 saturated heterocycles. The van der Waals surface area contributed by atoms with E-state index < -0.39 is 11.4 Å². The molecule has 1 aromatic carbocycles. The molecule has 20 heavy (non-hydrogen) atoms. The number of Topliss-reactive ketones (excluding diaryl/α,β-unsaturated/α-hetero) is 1. The molecule has 0 unspecified atom stereocenters. The number of halogens is 2. The molecule has 0 fully saturated rings. The normalized spacial score (nSPS) is 10.4. The molecule has 4 nitrogen and oxygen atoms in total. The Balaban J connectivity index is 2.87. The van der Waals surface area contributed by atoms with Gasteiger partial charge in [-0.25, -0.2) is 4.39 Å². The molecule has 0 bridgehead atoms. The molecular weight excluding hydrogens is 285 g/mol. The maximum atomic E-state index is 14.3. The van der Waals surface area contributed by atoms with Crippen molar-refractivity contribution in [3.8, 4) is 16.9 Å². The average Bonchev–Trinajstić information content (AvgIpc) is 2.41. The Hall–Kier alpha value is -2.14. The van der Waals surface area contributed by atoms with Crippen LogP contribution in [0.25, 0.3) is 11.1 Å². The molecule has 0 aliphatic rings. The fourth-order valence-electron chi connectivity index (χ4n) is 1.93. The standard InChI is InChI=1S/C14H11ClFNO3/c1-7(18)8-3-4-10(15)14(16)13(8)9-5-12(19)17-6-11(9)20-2/h3-6H,1-2H3,(H,17,19). The van der Waals surface area contributed by atoms with Crippen LogP contribution in [0.3, 0.4) is 0 Å². The van der Waals surface area contributed by atoms with Gasteiger partial charge in [-0.2, -0.15) is 0 Å². The molecule has 0 radical (unpaired) electrons. The first-order valence-electron chi connectivity index (χ1n) is 5.71. The smallest absolute Gasteiger partial charge is 0.248 e. The molecule has 0 saturated carbocycles. The van der Waals surface area contributed by atoms with E-state index in [9.17, 15) is 14.0 Å². The van der Waals surface area contributed by atoms with Gasteiger partial charge in [0.15, 0.2) is 5.78 Å². The zero-order valence-electron chi connectivity index (χ0n) is 10.8. The van der Waals surface area contributed by atoms with Crippen molar-refractivity contribution in [3.63, 3.8) is 0 Å². The molecule has 1 heterocycles. The van der Waals surface area contributed by atoms with Crippen LogP contribution in [0.1, 0.15) is 17.3 Å². The van der Waals surface area contributed by atoms with Crippen molar-refractivity contribution < 1.29 is 13.9 Å². The fourth-order valence-corrected chi connectivity index (χ4v) is 2.09. The Morgan fingerprint density at radius 1 is 1.40 bits per heavy atom. The number of methoxy groups -OCH3 is 1. The second-order valence-corrected chi connectivity index (χ2v) is 4.53. The van der Waals surface area contributed by atoms with E-state index in [1.165, 1.54) is 38.4 Å². The maximum absolute atomic E-state index is 14.3. The number of carbonyl (C=O) groups excluding carboxylic acids is 1. The van der Waals surface area contributed by atoms with Crippen LogP contribution >= 0.6 is 11.6 Å². The molecule has 104 valence electrons. The second kappa shape index (κ2) is 5.46. The van der Waals surface area contributed by atoms with Crippen LogP contribution in [0.5, 0.6) is 5.75 Å². The van der Waals surface area contributed by atoms with Crippen LogP contribution in [0.15, 0.2) is 29.2 Å². The highest BCUT2D eigenvalue weighted by atomic mass is 35.5. The van der Waals surface area contributed by atoms with Crippen molar-refractivity contribution in [1.82, 2.24) is 4.98 Å². The van der Waals surface area contributed by atoms with Crippen LogP contribution in [0, 0.1) is 5.82 Å². The highest BCUT2D eigenvalue weighted by Crippen LogP contribution is 2.35. The average molecular weight is 296 g/mol. The molecule has 0 spiro atoms. The number of pyridine rings is 1. The molecule has 2 rings (SSSR count). The zero-order chi connectivity index (χ0) is 14.9. The lowest BCUT2D eigenvalue weighted by atomic mass is 9.97. The number of ether oxygens (including phenoxy) is 1. The van der Waals surface area contributed by atoms with Crippen molar-refractivity contribution in [2.24, 2.45) is 0 Å². The lowest BCUT2D eigenvalue weighted by Crippen LogP contribution is -2.07. The zero-order valence-corrected chi connectivity index (χ0v) is 11.5. The summed E-state index contributed by atoms with van der Waals surface area (Å²) in [7, 11) is 1.38. The number of hydrogen-bond donors (Lipinski definition) is 1. The molecule has 0 aliphatic heterocycles. The number of rotatable bonds is 3. The van der Waals surface area contributed by atoms with Crippen molar-refractivity contribution in [1.29, 1.82) is 0 Å². The summed E-state index contributed by atoms with van der Waals surface area (Å²) in [4.78, 5) is 25.5. The number of aromatic nitrogens is 1. The van der Waals surface area contributed by atoms with Gasteiger partial charge in [0.25, 0.3) is 0 Å². The number of hydrogen-bond acceptors (Lipinski definition) is 3. The molecule has 1 aromatic heterocycles. The van der Waals surface area contributed by atoms with E-state index in [0.29, 0.717) is 0 Å². The predicted molar refractivity (Wildman–Crippen MR) is 74.0 cm³/mol. The van der Waals surface area contributed by atoms with Crippen molar-refractivity contribution in [2.75, 3.05) is 7.11 Å². The summed E-state index contributed by atoms with van der Waals surface area (Å²) in [6.45, 7) is 1.31. The lowest BCUT2D eigenvalue weighted by Gasteiger charge is -2.13. The first-order valence-corrected chi connectivity index (χ1v) is 6.09.